The first-order valence-electron chi connectivity index (χ1n) is 6.33. The lowest BCUT2D eigenvalue weighted by atomic mass is 10.1. The van der Waals surface area contributed by atoms with Crippen molar-refractivity contribution in [3.63, 3.8) is 0 Å². The zero-order valence-electron chi connectivity index (χ0n) is 10.4. The first-order chi connectivity index (χ1) is 8.24. The van der Waals surface area contributed by atoms with Gasteiger partial charge in [0.05, 0.1) is 0 Å². The molecule has 2 rings (SSSR count). The van der Waals surface area contributed by atoms with Gasteiger partial charge in [0.25, 0.3) is 0 Å². The van der Waals surface area contributed by atoms with Crippen LogP contribution >= 0.6 is 0 Å². The summed E-state index contributed by atoms with van der Waals surface area (Å²) in [7, 11) is 0. The standard InChI is InChI=1S/C14H20N2O/c1-12(17)15-14-6-4-5-13(11-14)7-10-16-8-2-3-9-16/h4-6,11H,2-3,7-10H2,1H3,(H,15,17). The number of likely N-dealkylation sites (tertiary alicyclic amines) is 1. The molecule has 0 unspecified atom stereocenters. The van der Waals surface area contributed by atoms with E-state index < -0.39 is 0 Å². The van der Waals surface area contributed by atoms with Crippen molar-refractivity contribution >= 4 is 11.6 Å². The van der Waals surface area contributed by atoms with Crippen LogP contribution in [0.5, 0.6) is 0 Å². The van der Waals surface area contributed by atoms with E-state index in [2.05, 4.69) is 22.3 Å². The van der Waals surface area contributed by atoms with Gasteiger partial charge in [-0.2, -0.15) is 0 Å². The minimum absolute atomic E-state index is 0.0123. The summed E-state index contributed by atoms with van der Waals surface area (Å²) in [6.45, 7) is 5.15. The van der Waals surface area contributed by atoms with Crippen LogP contribution in [0, 0.1) is 0 Å². The second-order valence-corrected chi connectivity index (χ2v) is 4.68. The summed E-state index contributed by atoms with van der Waals surface area (Å²) in [5.74, 6) is -0.0123. The van der Waals surface area contributed by atoms with E-state index in [1.54, 1.807) is 0 Å². The Morgan fingerprint density at radius 3 is 2.82 bits per heavy atom. The summed E-state index contributed by atoms with van der Waals surface area (Å²) in [5.41, 5.74) is 2.19. The van der Waals surface area contributed by atoms with E-state index in [1.807, 2.05) is 12.1 Å². The Morgan fingerprint density at radius 2 is 2.12 bits per heavy atom. The van der Waals surface area contributed by atoms with Gasteiger partial charge in [-0.1, -0.05) is 12.1 Å². The molecule has 92 valence electrons. The lowest BCUT2D eigenvalue weighted by molar-refractivity contribution is -0.114. The molecule has 1 amide bonds. The molecule has 1 N–H and O–H groups in total. The van der Waals surface area contributed by atoms with Crippen LogP contribution in [0.1, 0.15) is 25.3 Å². The highest BCUT2D eigenvalue weighted by molar-refractivity contribution is 5.88. The smallest absolute Gasteiger partial charge is 0.221 e. The molecule has 1 aromatic rings. The molecule has 0 spiro atoms. The third-order valence-corrected chi connectivity index (χ3v) is 3.16. The Kier molecular flexibility index (Phi) is 4.15. The number of anilines is 1. The van der Waals surface area contributed by atoms with Gasteiger partial charge in [0.2, 0.25) is 5.91 Å². The van der Waals surface area contributed by atoms with Crippen molar-refractivity contribution in [2.75, 3.05) is 25.0 Å². The van der Waals surface area contributed by atoms with E-state index in [1.165, 1.54) is 38.4 Å². The predicted molar refractivity (Wildman–Crippen MR) is 70.1 cm³/mol. The number of benzene rings is 1. The van der Waals surface area contributed by atoms with Gasteiger partial charge in [-0.05, 0) is 50.0 Å². The average Bonchev–Trinajstić information content (AvgIpc) is 2.79. The Labute approximate surface area is 103 Å². The highest BCUT2D eigenvalue weighted by Gasteiger charge is 2.10. The van der Waals surface area contributed by atoms with Crippen molar-refractivity contribution in [1.29, 1.82) is 0 Å². The van der Waals surface area contributed by atoms with Crippen LogP contribution in [0.2, 0.25) is 0 Å². The molecule has 3 heteroatoms. The SMILES string of the molecule is CC(=O)Nc1cccc(CCN2CCCC2)c1. The fourth-order valence-corrected chi connectivity index (χ4v) is 2.30. The minimum Gasteiger partial charge on any atom is -0.326 e. The summed E-state index contributed by atoms with van der Waals surface area (Å²) in [6, 6.07) is 8.13. The van der Waals surface area contributed by atoms with Crippen LogP contribution in [-0.4, -0.2) is 30.4 Å². The van der Waals surface area contributed by atoms with Gasteiger partial charge in [-0.15, -0.1) is 0 Å². The van der Waals surface area contributed by atoms with E-state index in [9.17, 15) is 4.79 Å². The molecule has 1 aromatic carbocycles. The average molecular weight is 232 g/mol. The quantitative estimate of drug-likeness (QED) is 0.863. The Bertz CT molecular complexity index is 384. The molecule has 0 saturated carbocycles. The fraction of sp³-hybridized carbons (Fsp3) is 0.500. The van der Waals surface area contributed by atoms with Crippen LogP contribution in [0.25, 0.3) is 0 Å². The molecule has 1 aliphatic heterocycles. The summed E-state index contributed by atoms with van der Waals surface area (Å²) in [5, 5.41) is 2.82. The molecule has 1 heterocycles. The summed E-state index contributed by atoms with van der Waals surface area (Å²) < 4.78 is 0. The normalized spacial score (nSPS) is 16.1. The molecule has 3 nitrogen and oxygen atoms in total. The third kappa shape index (κ3) is 3.86. The maximum absolute atomic E-state index is 11.0. The number of nitrogens with zero attached hydrogens (tertiary/aromatic N) is 1. The van der Waals surface area contributed by atoms with Crippen molar-refractivity contribution < 1.29 is 4.79 Å². The second-order valence-electron chi connectivity index (χ2n) is 4.68. The number of nitrogens with one attached hydrogen (secondary N) is 1. The van der Waals surface area contributed by atoms with Gasteiger partial charge in [-0.3, -0.25) is 4.79 Å². The van der Waals surface area contributed by atoms with Gasteiger partial charge < -0.3 is 10.2 Å². The zero-order chi connectivity index (χ0) is 12.1. The van der Waals surface area contributed by atoms with E-state index in [0.717, 1.165) is 18.7 Å². The monoisotopic (exact) mass is 232 g/mol. The molecule has 1 aliphatic rings. The molecule has 0 atom stereocenters. The Morgan fingerprint density at radius 1 is 1.35 bits per heavy atom. The number of rotatable bonds is 4. The number of carbonyl (C=O) groups is 1. The van der Waals surface area contributed by atoms with Crippen LogP contribution in [0.4, 0.5) is 5.69 Å². The van der Waals surface area contributed by atoms with E-state index in [0.29, 0.717) is 0 Å². The van der Waals surface area contributed by atoms with E-state index in [4.69, 9.17) is 0 Å². The lowest BCUT2D eigenvalue weighted by Gasteiger charge is -2.14. The van der Waals surface area contributed by atoms with Crippen molar-refractivity contribution in [3.05, 3.63) is 29.8 Å². The van der Waals surface area contributed by atoms with E-state index in [-0.39, 0.29) is 5.91 Å². The molecule has 0 bridgehead atoms. The summed E-state index contributed by atoms with van der Waals surface area (Å²) in [4.78, 5) is 13.5. The van der Waals surface area contributed by atoms with E-state index >= 15 is 0 Å². The maximum atomic E-state index is 11.0. The molecule has 1 fully saturated rings. The number of hydrogen-bond acceptors (Lipinski definition) is 2. The van der Waals surface area contributed by atoms with Crippen molar-refractivity contribution in [1.82, 2.24) is 4.90 Å². The largest absolute Gasteiger partial charge is 0.326 e. The van der Waals surface area contributed by atoms with Gasteiger partial charge in [-0.25, -0.2) is 0 Å². The van der Waals surface area contributed by atoms with Crippen LogP contribution in [0.3, 0.4) is 0 Å². The Balaban J connectivity index is 1.88. The van der Waals surface area contributed by atoms with Crippen LogP contribution in [-0.2, 0) is 11.2 Å². The van der Waals surface area contributed by atoms with Gasteiger partial charge >= 0.3 is 0 Å². The molecule has 17 heavy (non-hydrogen) atoms. The third-order valence-electron chi connectivity index (χ3n) is 3.16. The van der Waals surface area contributed by atoms with Gasteiger partial charge in [0, 0.05) is 19.2 Å². The van der Waals surface area contributed by atoms with Crippen LogP contribution in [0.15, 0.2) is 24.3 Å². The number of hydrogen-bond donors (Lipinski definition) is 1. The molecular weight excluding hydrogens is 212 g/mol. The van der Waals surface area contributed by atoms with Gasteiger partial charge in [0.15, 0.2) is 0 Å². The number of carbonyl (C=O) groups excluding carboxylic acids is 1. The summed E-state index contributed by atoms with van der Waals surface area (Å²) in [6.07, 6.45) is 3.74. The van der Waals surface area contributed by atoms with Crippen molar-refractivity contribution in [3.8, 4) is 0 Å². The van der Waals surface area contributed by atoms with Crippen molar-refractivity contribution in [2.24, 2.45) is 0 Å². The summed E-state index contributed by atoms with van der Waals surface area (Å²) >= 11 is 0. The zero-order valence-corrected chi connectivity index (χ0v) is 10.4. The minimum atomic E-state index is -0.0123. The van der Waals surface area contributed by atoms with Gasteiger partial charge in [0.1, 0.15) is 0 Å². The fourth-order valence-electron chi connectivity index (χ4n) is 2.30. The first kappa shape index (κ1) is 12.1. The highest BCUT2D eigenvalue weighted by Crippen LogP contribution is 2.13. The highest BCUT2D eigenvalue weighted by atomic mass is 16.1. The molecule has 0 aromatic heterocycles. The van der Waals surface area contributed by atoms with Crippen LogP contribution < -0.4 is 5.32 Å². The predicted octanol–water partition coefficient (Wildman–Crippen LogP) is 2.28. The topological polar surface area (TPSA) is 32.3 Å². The molecular formula is C14H20N2O. The molecule has 0 aliphatic carbocycles. The second kappa shape index (κ2) is 5.82. The molecule has 0 radical (unpaired) electrons. The number of amides is 1. The first-order valence-corrected chi connectivity index (χ1v) is 6.33. The van der Waals surface area contributed by atoms with Crippen molar-refractivity contribution in [2.45, 2.75) is 26.2 Å². The molecule has 1 saturated heterocycles. The Hall–Kier alpha value is -1.35. The maximum Gasteiger partial charge on any atom is 0.221 e. The lowest BCUT2D eigenvalue weighted by Crippen LogP contribution is -2.21.